The largest absolute Gasteiger partial charge is 0.198 e. The Morgan fingerprint density at radius 1 is 0.750 bits per heavy atom. The van der Waals surface area contributed by atoms with Crippen molar-refractivity contribution in [3.8, 4) is 0 Å². The molecule has 0 atom stereocenters. The zero-order valence-electron chi connectivity index (χ0n) is 7.34. The van der Waals surface area contributed by atoms with Crippen molar-refractivity contribution in [2.24, 2.45) is 0 Å². The first-order chi connectivity index (χ1) is 5.21. The van der Waals surface area contributed by atoms with Gasteiger partial charge >= 0.3 is 0 Å². The van der Waals surface area contributed by atoms with E-state index in [0.29, 0.717) is 0 Å². The minimum Gasteiger partial charge on any atom is -0.111 e. The fourth-order valence-corrected chi connectivity index (χ4v) is 5.98. The Kier molecular flexibility index (Phi) is 7.24. The number of hydrogen-bond donors (Lipinski definition) is 0. The van der Waals surface area contributed by atoms with E-state index in [1.807, 2.05) is 0 Å². The average molecular weight is 462 g/mol. The number of rotatable bonds is 5. The summed E-state index contributed by atoms with van der Waals surface area (Å²) in [7, 11) is 0. The molecule has 0 saturated heterocycles. The fourth-order valence-electron chi connectivity index (χ4n) is 0.871. The Labute approximate surface area is 109 Å². The minimum atomic E-state index is -1.14. The molecule has 0 aromatic carbocycles. The summed E-state index contributed by atoms with van der Waals surface area (Å²) in [6.07, 6.45) is 2.66. The third kappa shape index (κ3) is 12.4. The lowest BCUT2D eigenvalue weighted by molar-refractivity contribution is 0.870. The summed E-state index contributed by atoms with van der Waals surface area (Å²) in [5.41, 5.74) is 0. The molecule has 0 N–H and O–H groups in total. The van der Waals surface area contributed by atoms with Crippen molar-refractivity contribution in [1.82, 2.24) is 0 Å². The van der Waals surface area contributed by atoms with Crippen LogP contribution in [0.3, 0.4) is 0 Å². The maximum Gasteiger partial charge on any atom is 0.198 e. The van der Waals surface area contributed by atoms with Crippen LogP contribution in [0.4, 0.5) is 0 Å². The van der Waals surface area contributed by atoms with E-state index < -0.39 is 10.6 Å². The lowest BCUT2D eigenvalue weighted by Crippen LogP contribution is -2.12. The van der Waals surface area contributed by atoms with Crippen LogP contribution in [-0.2, 0) is 0 Å². The number of hydrogen-bond acceptors (Lipinski definition) is 0. The molecule has 12 heavy (non-hydrogen) atoms. The van der Waals surface area contributed by atoms with Gasteiger partial charge in [-0.1, -0.05) is 25.9 Å². The van der Waals surface area contributed by atoms with Gasteiger partial charge in [0.25, 0.3) is 0 Å². The predicted octanol–water partition coefficient (Wildman–Crippen LogP) is 5.49. The van der Waals surface area contributed by atoms with Crippen molar-refractivity contribution in [1.29, 1.82) is 0 Å². The molecule has 0 rings (SSSR count). The van der Waals surface area contributed by atoms with E-state index in [-0.39, 0.29) is 0 Å². The molecule has 0 spiro atoms. The van der Waals surface area contributed by atoms with Gasteiger partial charge in [-0.15, -0.1) is 61.2 Å². The average Bonchev–Trinajstić information content (AvgIpc) is 1.76. The number of halogens is 4. The molecular weight excluding hydrogens is 448 g/mol. The molecule has 0 nitrogen and oxygen atoms in total. The van der Waals surface area contributed by atoms with E-state index >= 15 is 0 Å². The van der Waals surface area contributed by atoms with Crippen LogP contribution >= 0.6 is 61.2 Å². The van der Waals surface area contributed by atoms with Gasteiger partial charge in [0.1, 0.15) is 0 Å². The second-order valence-corrected chi connectivity index (χ2v) is 36.0. The molecule has 0 aliphatic heterocycles. The summed E-state index contributed by atoms with van der Waals surface area (Å²) in [4.78, 5) is 0. The Morgan fingerprint density at radius 3 is 1.17 bits per heavy atom. The molecule has 0 amide bonds. The molecule has 0 bridgehead atoms. The van der Waals surface area contributed by atoms with Crippen molar-refractivity contribution in [2.45, 2.75) is 38.0 Å². The van der Waals surface area contributed by atoms with Crippen LogP contribution in [0.2, 0.25) is 25.2 Å². The molecule has 0 aliphatic carbocycles. The lowest BCUT2D eigenvalue weighted by atomic mass is 10.4. The second kappa shape index (κ2) is 6.05. The van der Waals surface area contributed by atoms with Gasteiger partial charge in [0.2, 0.25) is 0 Å². The van der Waals surface area contributed by atoms with Gasteiger partial charge in [-0.3, -0.25) is 0 Å². The maximum atomic E-state index is 3.70. The highest BCUT2D eigenvalue weighted by atomic mass is 79.9. The van der Waals surface area contributed by atoms with Crippen LogP contribution in [-0.4, -0.2) is 10.6 Å². The van der Waals surface area contributed by atoms with Crippen LogP contribution in [0, 0.1) is 0 Å². The van der Waals surface area contributed by atoms with E-state index in [2.05, 4.69) is 74.3 Å². The molecule has 0 aromatic rings. The van der Waals surface area contributed by atoms with E-state index in [9.17, 15) is 0 Å². The number of unbranched alkanes of at least 4 members (excludes halogenated alkanes) is 1. The summed E-state index contributed by atoms with van der Waals surface area (Å²) < 4.78 is 0. The Hall–Kier alpha value is 2.35. The van der Waals surface area contributed by atoms with Crippen molar-refractivity contribution in [3.05, 3.63) is 0 Å². The SMILES string of the molecule is C[Si](Br)(Br)CCCC[Si](C)(Br)Br. The van der Waals surface area contributed by atoms with Crippen LogP contribution in [0.25, 0.3) is 0 Å². The van der Waals surface area contributed by atoms with Gasteiger partial charge in [-0.2, -0.15) is 0 Å². The van der Waals surface area contributed by atoms with Crippen LogP contribution in [0.5, 0.6) is 0 Å². The minimum absolute atomic E-state index is 1.14. The molecule has 74 valence electrons. The highest BCUT2D eigenvalue weighted by Crippen LogP contribution is 2.31. The van der Waals surface area contributed by atoms with E-state index in [1.165, 1.54) is 24.9 Å². The first kappa shape index (κ1) is 14.4. The Morgan fingerprint density at radius 2 is 1.00 bits per heavy atom. The standard InChI is InChI=1S/C6H14Br4Si2/c1-11(7,8)5-3-4-6-12(2,9)10/h3-6H2,1-2H3. The maximum absolute atomic E-state index is 3.70. The summed E-state index contributed by atoms with van der Waals surface area (Å²) in [5.74, 6) is 0. The van der Waals surface area contributed by atoms with Crippen LogP contribution in [0.1, 0.15) is 12.8 Å². The van der Waals surface area contributed by atoms with Crippen LogP contribution in [0.15, 0.2) is 0 Å². The van der Waals surface area contributed by atoms with Gasteiger partial charge < -0.3 is 0 Å². The summed E-state index contributed by atoms with van der Waals surface area (Å²) in [6, 6.07) is 2.63. The quantitative estimate of drug-likeness (QED) is 0.288. The van der Waals surface area contributed by atoms with Crippen molar-refractivity contribution < 1.29 is 0 Å². The molecular formula is C6H14Br4Si2. The third-order valence-electron chi connectivity index (χ3n) is 1.48. The topological polar surface area (TPSA) is 0 Å². The second-order valence-electron chi connectivity index (χ2n) is 3.35. The molecule has 0 radical (unpaired) electrons. The Balaban J connectivity index is 3.35. The van der Waals surface area contributed by atoms with Crippen LogP contribution < -0.4 is 0 Å². The molecule has 0 unspecified atom stereocenters. The summed E-state index contributed by atoms with van der Waals surface area (Å²) in [6.45, 7) is 4.57. The fraction of sp³-hybridized carbons (Fsp3) is 1.00. The third-order valence-corrected chi connectivity index (χ3v) is 8.70. The van der Waals surface area contributed by atoms with E-state index in [4.69, 9.17) is 0 Å². The molecule has 0 aromatic heterocycles. The molecule has 0 saturated carbocycles. The van der Waals surface area contributed by atoms with E-state index in [1.54, 1.807) is 0 Å². The highest BCUT2D eigenvalue weighted by molar-refractivity contribution is 9.51. The first-order valence-corrected chi connectivity index (χ1v) is 18.4. The van der Waals surface area contributed by atoms with E-state index in [0.717, 1.165) is 0 Å². The zero-order valence-corrected chi connectivity index (χ0v) is 15.7. The van der Waals surface area contributed by atoms with Gasteiger partial charge in [0, 0.05) is 0 Å². The lowest BCUT2D eigenvalue weighted by Gasteiger charge is -2.13. The van der Waals surface area contributed by atoms with Gasteiger partial charge in [-0.25, -0.2) is 0 Å². The van der Waals surface area contributed by atoms with Gasteiger partial charge in [-0.05, 0) is 12.1 Å². The van der Waals surface area contributed by atoms with Crippen molar-refractivity contribution in [2.75, 3.05) is 0 Å². The van der Waals surface area contributed by atoms with Gasteiger partial charge in [0.05, 0.1) is 0 Å². The van der Waals surface area contributed by atoms with Gasteiger partial charge in [0.15, 0.2) is 10.6 Å². The van der Waals surface area contributed by atoms with Crippen molar-refractivity contribution in [3.63, 3.8) is 0 Å². The highest BCUT2D eigenvalue weighted by Gasteiger charge is 2.21. The van der Waals surface area contributed by atoms with Crippen molar-refractivity contribution >= 4 is 71.8 Å². The molecule has 0 fully saturated rings. The summed E-state index contributed by atoms with van der Waals surface area (Å²) >= 11 is 14.8. The molecule has 6 heteroatoms. The molecule has 0 heterocycles. The summed E-state index contributed by atoms with van der Waals surface area (Å²) in [5, 5.41) is -2.29. The smallest absolute Gasteiger partial charge is 0.111 e. The Bertz CT molecular complexity index is 110. The zero-order chi connectivity index (χ0) is 9.83. The monoisotopic (exact) mass is 458 g/mol. The predicted molar refractivity (Wildman–Crippen MR) is 77.8 cm³/mol. The normalized spacial score (nSPS) is 13.5. The molecule has 0 aliphatic rings. The first-order valence-electron chi connectivity index (χ1n) is 3.96.